The van der Waals surface area contributed by atoms with Crippen molar-refractivity contribution in [3.05, 3.63) is 59.7 Å². The normalized spacial score (nSPS) is 11.0. The molecule has 0 saturated carbocycles. The van der Waals surface area contributed by atoms with Gasteiger partial charge in [0, 0.05) is 17.8 Å². The van der Waals surface area contributed by atoms with E-state index in [0.29, 0.717) is 23.5 Å². The second-order valence-corrected chi connectivity index (χ2v) is 7.42. The van der Waals surface area contributed by atoms with Crippen LogP contribution in [0, 0.1) is 0 Å². The Morgan fingerprint density at radius 2 is 1.67 bits per heavy atom. The summed E-state index contributed by atoms with van der Waals surface area (Å²) < 4.78 is 5.73. The Kier molecular flexibility index (Phi) is 6.99. The minimum Gasteiger partial charge on any atom is -0.483 e. The summed E-state index contributed by atoms with van der Waals surface area (Å²) in [4.78, 5) is 24.1. The molecule has 0 aliphatic rings. The van der Waals surface area contributed by atoms with Crippen molar-refractivity contribution < 1.29 is 14.3 Å². The first-order valence-electron chi connectivity index (χ1n) is 9.21. The number of hydrogen-bond donors (Lipinski definition) is 2. The third-order valence-electron chi connectivity index (χ3n) is 4.02. The first-order chi connectivity index (χ1) is 12.8. The van der Waals surface area contributed by atoms with Crippen molar-refractivity contribution in [2.24, 2.45) is 0 Å². The fourth-order valence-corrected chi connectivity index (χ4v) is 2.60. The number of benzene rings is 2. The van der Waals surface area contributed by atoms with Gasteiger partial charge >= 0.3 is 0 Å². The van der Waals surface area contributed by atoms with Gasteiger partial charge in [0.05, 0.1) is 0 Å². The van der Waals surface area contributed by atoms with Gasteiger partial charge in [-0.25, -0.2) is 0 Å². The molecule has 2 aromatic rings. The molecule has 2 aromatic carbocycles. The first-order valence-corrected chi connectivity index (χ1v) is 9.21. The highest BCUT2D eigenvalue weighted by atomic mass is 16.5. The van der Waals surface area contributed by atoms with Crippen LogP contribution in [0.3, 0.4) is 0 Å². The van der Waals surface area contributed by atoms with E-state index < -0.39 is 0 Å². The van der Waals surface area contributed by atoms with E-state index in [1.807, 2.05) is 31.2 Å². The average molecular weight is 368 g/mol. The molecule has 0 aliphatic carbocycles. The zero-order valence-electron chi connectivity index (χ0n) is 16.5. The molecule has 0 saturated heterocycles. The quantitative estimate of drug-likeness (QED) is 0.772. The van der Waals surface area contributed by atoms with E-state index in [2.05, 4.69) is 31.4 Å². The minimum atomic E-state index is -0.248. The van der Waals surface area contributed by atoms with Crippen LogP contribution < -0.4 is 15.4 Å². The van der Waals surface area contributed by atoms with Crippen LogP contribution in [0.1, 0.15) is 50.0 Å². The van der Waals surface area contributed by atoms with E-state index in [9.17, 15) is 9.59 Å². The summed E-state index contributed by atoms with van der Waals surface area (Å²) >= 11 is 0. The Balaban J connectivity index is 1.92. The fourth-order valence-electron chi connectivity index (χ4n) is 2.60. The van der Waals surface area contributed by atoms with Gasteiger partial charge in [0.15, 0.2) is 6.61 Å². The molecule has 0 aliphatic heterocycles. The molecule has 27 heavy (non-hydrogen) atoms. The number of rotatable bonds is 7. The number of anilines is 1. The lowest BCUT2D eigenvalue weighted by atomic mass is 9.86. The van der Waals surface area contributed by atoms with Crippen molar-refractivity contribution in [2.75, 3.05) is 18.5 Å². The number of carbonyl (C=O) groups excluding carboxylic acids is 2. The third kappa shape index (κ3) is 6.13. The Bertz CT molecular complexity index is 777. The van der Waals surface area contributed by atoms with Gasteiger partial charge in [-0.05, 0) is 47.7 Å². The zero-order valence-corrected chi connectivity index (χ0v) is 16.5. The lowest BCUT2D eigenvalue weighted by molar-refractivity contribution is -0.118. The number of hydrogen-bond acceptors (Lipinski definition) is 3. The topological polar surface area (TPSA) is 67.4 Å². The van der Waals surface area contributed by atoms with E-state index in [0.717, 1.165) is 12.0 Å². The van der Waals surface area contributed by atoms with Crippen molar-refractivity contribution in [1.29, 1.82) is 0 Å². The maximum absolute atomic E-state index is 12.2. The Morgan fingerprint density at radius 1 is 1.00 bits per heavy atom. The summed E-state index contributed by atoms with van der Waals surface area (Å²) in [5, 5.41) is 5.60. The van der Waals surface area contributed by atoms with Crippen LogP contribution in [-0.4, -0.2) is 25.0 Å². The first kappa shape index (κ1) is 20.5. The van der Waals surface area contributed by atoms with Crippen LogP contribution in [0.5, 0.6) is 5.75 Å². The summed E-state index contributed by atoms with van der Waals surface area (Å²) in [6, 6.07) is 14.5. The second-order valence-electron chi connectivity index (χ2n) is 7.42. The van der Waals surface area contributed by atoms with Crippen LogP contribution in [0.15, 0.2) is 48.5 Å². The Labute approximate surface area is 161 Å². The van der Waals surface area contributed by atoms with E-state index in [1.54, 1.807) is 24.3 Å². The van der Waals surface area contributed by atoms with Gasteiger partial charge in [-0.2, -0.15) is 0 Å². The van der Waals surface area contributed by atoms with E-state index in [1.165, 1.54) is 0 Å². The Hall–Kier alpha value is -2.82. The number of ether oxygens (including phenoxy) is 1. The molecule has 0 bridgehead atoms. The van der Waals surface area contributed by atoms with E-state index in [-0.39, 0.29) is 23.8 Å². The number of nitrogens with one attached hydrogen (secondary N) is 2. The smallest absolute Gasteiger partial charge is 0.262 e. The monoisotopic (exact) mass is 368 g/mol. The van der Waals surface area contributed by atoms with Gasteiger partial charge in [-0.3, -0.25) is 9.59 Å². The summed E-state index contributed by atoms with van der Waals surface area (Å²) in [7, 11) is 0. The molecule has 0 fully saturated rings. The zero-order chi connectivity index (χ0) is 19.9. The molecule has 0 spiro atoms. The molecule has 2 amide bonds. The second kappa shape index (κ2) is 9.21. The number of para-hydroxylation sites is 1. The van der Waals surface area contributed by atoms with E-state index in [4.69, 9.17) is 4.74 Å². The summed E-state index contributed by atoms with van der Waals surface area (Å²) in [6.45, 7) is 8.88. The summed E-state index contributed by atoms with van der Waals surface area (Å²) in [6.07, 6.45) is 0.887. The SMILES string of the molecule is CCCNC(=O)c1ccc(NC(=O)COc2ccccc2C(C)(C)C)cc1. The number of carbonyl (C=O) groups is 2. The molecule has 0 unspecified atom stereocenters. The Morgan fingerprint density at radius 3 is 2.30 bits per heavy atom. The van der Waals surface area contributed by atoms with Gasteiger partial charge in [-0.15, -0.1) is 0 Å². The van der Waals surface area contributed by atoms with Crippen molar-refractivity contribution in [3.63, 3.8) is 0 Å². The standard InChI is InChI=1S/C22H28N2O3/c1-5-14-23-21(26)16-10-12-17(13-11-16)24-20(25)15-27-19-9-7-6-8-18(19)22(2,3)4/h6-13H,5,14-15H2,1-4H3,(H,23,26)(H,24,25). The average Bonchev–Trinajstić information content (AvgIpc) is 2.64. The van der Waals surface area contributed by atoms with Gasteiger partial charge < -0.3 is 15.4 Å². The van der Waals surface area contributed by atoms with Crippen LogP contribution in [0.2, 0.25) is 0 Å². The molecule has 0 heterocycles. The minimum absolute atomic E-state index is 0.0682. The molecule has 2 rings (SSSR count). The highest BCUT2D eigenvalue weighted by Crippen LogP contribution is 2.30. The number of amides is 2. The highest BCUT2D eigenvalue weighted by molar-refractivity contribution is 5.96. The van der Waals surface area contributed by atoms with Crippen molar-refractivity contribution in [2.45, 2.75) is 39.5 Å². The molecular weight excluding hydrogens is 340 g/mol. The van der Waals surface area contributed by atoms with Gasteiger partial charge in [0.25, 0.3) is 11.8 Å². The molecule has 144 valence electrons. The summed E-state index contributed by atoms with van der Waals surface area (Å²) in [5.74, 6) is 0.349. The molecule has 5 nitrogen and oxygen atoms in total. The lowest BCUT2D eigenvalue weighted by Crippen LogP contribution is -2.24. The van der Waals surface area contributed by atoms with Crippen LogP contribution in [-0.2, 0) is 10.2 Å². The molecule has 0 atom stereocenters. The molecule has 0 radical (unpaired) electrons. The van der Waals surface area contributed by atoms with Crippen LogP contribution in [0.4, 0.5) is 5.69 Å². The largest absolute Gasteiger partial charge is 0.483 e. The fraction of sp³-hybridized carbons (Fsp3) is 0.364. The van der Waals surface area contributed by atoms with Crippen LogP contribution >= 0.6 is 0 Å². The maximum atomic E-state index is 12.2. The predicted molar refractivity (Wildman–Crippen MR) is 108 cm³/mol. The van der Waals surface area contributed by atoms with Crippen molar-refractivity contribution in [1.82, 2.24) is 5.32 Å². The summed E-state index contributed by atoms with van der Waals surface area (Å²) in [5.41, 5.74) is 2.18. The van der Waals surface area contributed by atoms with Crippen molar-refractivity contribution in [3.8, 4) is 5.75 Å². The molecule has 0 aromatic heterocycles. The lowest BCUT2D eigenvalue weighted by Gasteiger charge is -2.22. The molecule has 5 heteroatoms. The molecule has 2 N–H and O–H groups in total. The maximum Gasteiger partial charge on any atom is 0.262 e. The van der Waals surface area contributed by atoms with Gasteiger partial charge in [-0.1, -0.05) is 45.9 Å². The van der Waals surface area contributed by atoms with Crippen LogP contribution in [0.25, 0.3) is 0 Å². The van der Waals surface area contributed by atoms with Gasteiger partial charge in [0.1, 0.15) is 5.75 Å². The highest BCUT2D eigenvalue weighted by Gasteiger charge is 2.18. The molecular formula is C22H28N2O3. The van der Waals surface area contributed by atoms with Crippen molar-refractivity contribution >= 4 is 17.5 Å². The third-order valence-corrected chi connectivity index (χ3v) is 4.02. The van der Waals surface area contributed by atoms with Gasteiger partial charge in [0.2, 0.25) is 0 Å². The van der Waals surface area contributed by atoms with E-state index >= 15 is 0 Å². The predicted octanol–water partition coefficient (Wildman–Crippen LogP) is 4.14.